The van der Waals surface area contributed by atoms with Gasteiger partial charge in [0.1, 0.15) is 13.2 Å². The Morgan fingerprint density at radius 1 is 1.08 bits per heavy atom. The highest BCUT2D eigenvalue weighted by atomic mass is 32.1. The van der Waals surface area contributed by atoms with Gasteiger partial charge in [0.25, 0.3) is 5.56 Å². The van der Waals surface area contributed by atoms with E-state index < -0.39 is 0 Å². The van der Waals surface area contributed by atoms with E-state index >= 15 is 0 Å². The van der Waals surface area contributed by atoms with Crippen LogP contribution in [0.4, 0.5) is 0 Å². The van der Waals surface area contributed by atoms with Crippen molar-refractivity contribution in [2.75, 3.05) is 52.6 Å². The lowest BCUT2D eigenvalue weighted by Crippen LogP contribution is -2.46. The van der Waals surface area contributed by atoms with Crippen molar-refractivity contribution in [1.82, 2.24) is 20.1 Å². The molecule has 0 bridgehead atoms. The zero-order chi connectivity index (χ0) is 24.9. The van der Waals surface area contributed by atoms with Crippen LogP contribution in [-0.2, 0) is 11.3 Å². The number of fused-ring (bicyclic) bond motifs is 2. The van der Waals surface area contributed by atoms with Crippen LogP contribution in [0.15, 0.2) is 53.3 Å². The van der Waals surface area contributed by atoms with Crippen molar-refractivity contribution < 1.29 is 14.2 Å². The Hall–Kier alpha value is -3.14. The van der Waals surface area contributed by atoms with Gasteiger partial charge in [0.2, 0.25) is 0 Å². The molecule has 2 aromatic carbocycles. The maximum absolute atomic E-state index is 13.1. The smallest absolute Gasteiger partial charge is 0.253 e. The Labute approximate surface area is 216 Å². The van der Waals surface area contributed by atoms with Crippen molar-refractivity contribution >= 4 is 28.2 Å². The fourth-order valence-electron chi connectivity index (χ4n) is 4.55. The van der Waals surface area contributed by atoms with Gasteiger partial charge >= 0.3 is 0 Å². The molecule has 0 radical (unpaired) electrons. The van der Waals surface area contributed by atoms with E-state index in [0.717, 1.165) is 49.3 Å². The number of hydrogen-bond donors (Lipinski definition) is 2. The van der Waals surface area contributed by atoms with Crippen LogP contribution in [0.3, 0.4) is 0 Å². The number of rotatable bonds is 7. The summed E-state index contributed by atoms with van der Waals surface area (Å²) in [5.74, 6) is 1.36. The molecule has 1 aromatic heterocycles. The van der Waals surface area contributed by atoms with Crippen LogP contribution >= 0.6 is 12.2 Å². The number of aromatic nitrogens is 1. The van der Waals surface area contributed by atoms with Gasteiger partial charge in [-0.05, 0) is 36.8 Å². The molecule has 36 heavy (non-hydrogen) atoms. The Kier molecular flexibility index (Phi) is 7.69. The second kappa shape index (κ2) is 11.3. The van der Waals surface area contributed by atoms with Crippen LogP contribution in [0.25, 0.3) is 10.9 Å². The molecule has 1 saturated heterocycles. The van der Waals surface area contributed by atoms with Crippen LogP contribution in [0.2, 0.25) is 0 Å². The monoisotopic (exact) mass is 508 g/mol. The molecule has 5 rings (SSSR count). The highest BCUT2D eigenvalue weighted by molar-refractivity contribution is 7.80. The molecule has 8 nitrogen and oxygen atoms in total. The van der Waals surface area contributed by atoms with Crippen molar-refractivity contribution in [3.8, 4) is 11.5 Å². The van der Waals surface area contributed by atoms with Gasteiger partial charge in [0.05, 0.1) is 31.3 Å². The summed E-state index contributed by atoms with van der Waals surface area (Å²) in [6.45, 7) is 8.35. The fraction of sp³-hybridized carbons (Fsp3) is 0.407. The second-order valence-corrected chi connectivity index (χ2v) is 9.55. The first-order valence-electron chi connectivity index (χ1n) is 12.4. The first-order chi connectivity index (χ1) is 17.6. The number of nitrogens with one attached hydrogen (secondary N) is 2. The van der Waals surface area contributed by atoms with Crippen LogP contribution in [0.1, 0.15) is 24.1 Å². The van der Waals surface area contributed by atoms with Gasteiger partial charge in [-0.1, -0.05) is 30.3 Å². The lowest BCUT2D eigenvalue weighted by atomic mass is 10.1. The van der Waals surface area contributed by atoms with Gasteiger partial charge < -0.3 is 29.4 Å². The fourth-order valence-corrected chi connectivity index (χ4v) is 4.88. The van der Waals surface area contributed by atoms with Crippen molar-refractivity contribution in [2.45, 2.75) is 19.5 Å². The third-order valence-corrected chi connectivity index (χ3v) is 7.04. The predicted octanol–water partition coefficient (Wildman–Crippen LogP) is 3.07. The van der Waals surface area contributed by atoms with E-state index in [1.54, 1.807) is 0 Å². The minimum Gasteiger partial charge on any atom is -0.486 e. The number of aromatic amines is 1. The van der Waals surface area contributed by atoms with Gasteiger partial charge in [-0.15, -0.1) is 0 Å². The number of hydrogen-bond acceptors (Lipinski definition) is 6. The number of thiocarbonyl (C=S) groups is 1. The third-order valence-electron chi connectivity index (χ3n) is 6.66. The average molecular weight is 509 g/mol. The van der Waals surface area contributed by atoms with Gasteiger partial charge in [-0.3, -0.25) is 9.69 Å². The van der Waals surface area contributed by atoms with Crippen LogP contribution < -0.4 is 20.3 Å². The highest BCUT2D eigenvalue weighted by Gasteiger charge is 2.19. The van der Waals surface area contributed by atoms with Crippen LogP contribution in [0.5, 0.6) is 11.5 Å². The van der Waals surface area contributed by atoms with Crippen molar-refractivity contribution in [2.24, 2.45) is 0 Å². The minimum atomic E-state index is -0.130. The normalized spacial score (nSPS) is 16.5. The maximum atomic E-state index is 13.1. The molecule has 0 unspecified atom stereocenters. The Morgan fingerprint density at radius 3 is 2.56 bits per heavy atom. The molecular formula is C27H32N4O4S. The van der Waals surface area contributed by atoms with Gasteiger partial charge in [-0.25, -0.2) is 0 Å². The lowest BCUT2D eigenvalue weighted by molar-refractivity contribution is 0.0357. The first-order valence-corrected chi connectivity index (χ1v) is 12.8. The second-order valence-electron chi connectivity index (χ2n) is 9.16. The van der Waals surface area contributed by atoms with E-state index in [0.29, 0.717) is 48.5 Å². The van der Waals surface area contributed by atoms with E-state index in [1.807, 2.05) is 36.4 Å². The maximum Gasteiger partial charge on any atom is 0.253 e. The zero-order valence-electron chi connectivity index (χ0n) is 20.5. The molecule has 3 aromatic rings. The number of H-pyrrole nitrogens is 1. The quantitative estimate of drug-likeness (QED) is 0.472. The number of nitrogens with zero attached hydrogens (tertiary/aromatic N) is 2. The molecule has 190 valence electrons. The molecule has 1 fully saturated rings. The summed E-state index contributed by atoms with van der Waals surface area (Å²) in [6, 6.07) is 15.9. The molecular weight excluding hydrogens is 476 g/mol. The summed E-state index contributed by atoms with van der Waals surface area (Å²) in [6.07, 6.45) is 0. The van der Waals surface area contributed by atoms with E-state index in [2.05, 4.69) is 39.2 Å². The van der Waals surface area contributed by atoms with E-state index in [9.17, 15) is 4.79 Å². The Balaban J connectivity index is 1.37. The van der Waals surface area contributed by atoms with Crippen molar-refractivity contribution in [3.05, 3.63) is 70.0 Å². The molecule has 0 amide bonds. The summed E-state index contributed by atoms with van der Waals surface area (Å²) in [7, 11) is 0. The molecule has 9 heteroatoms. The number of morpholine rings is 1. The number of benzene rings is 2. The van der Waals surface area contributed by atoms with E-state index in [4.69, 9.17) is 26.4 Å². The minimum absolute atomic E-state index is 0.0446. The molecule has 0 aliphatic carbocycles. The molecule has 2 N–H and O–H groups in total. The molecule has 1 atom stereocenters. The SMILES string of the molecule is C[C@@H](NC(=S)N(CCN1CCOCC1)Cc1cc2cc3c(cc2[nH]c1=O)OCCO3)c1ccccc1. The summed E-state index contributed by atoms with van der Waals surface area (Å²) < 4.78 is 16.9. The Morgan fingerprint density at radius 2 is 1.81 bits per heavy atom. The molecule has 3 heterocycles. The topological polar surface area (TPSA) is 79.1 Å². The third kappa shape index (κ3) is 5.80. The average Bonchev–Trinajstić information content (AvgIpc) is 2.91. The van der Waals surface area contributed by atoms with Crippen LogP contribution in [0, 0.1) is 0 Å². The summed E-state index contributed by atoms with van der Waals surface area (Å²) >= 11 is 5.86. The number of ether oxygens (including phenoxy) is 3. The molecule has 0 saturated carbocycles. The summed E-state index contributed by atoms with van der Waals surface area (Å²) in [5, 5.41) is 4.99. The predicted molar refractivity (Wildman–Crippen MR) is 144 cm³/mol. The number of pyridine rings is 1. The van der Waals surface area contributed by atoms with E-state index in [1.165, 1.54) is 0 Å². The van der Waals surface area contributed by atoms with Crippen LogP contribution in [-0.4, -0.2) is 72.5 Å². The first kappa shape index (κ1) is 24.5. The molecule has 0 spiro atoms. The largest absolute Gasteiger partial charge is 0.486 e. The lowest BCUT2D eigenvalue weighted by Gasteiger charge is -2.32. The zero-order valence-corrected chi connectivity index (χ0v) is 21.3. The molecule has 2 aliphatic rings. The van der Waals surface area contributed by atoms with Gasteiger partial charge in [0, 0.05) is 43.2 Å². The highest BCUT2D eigenvalue weighted by Crippen LogP contribution is 2.33. The van der Waals surface area contributed by atoms with Crippen molar-refractivity contribution in [3.63, 3.8) is 0 Å². The standard InChI is InChI=1S/C27H32N4O4S/c1-19(20-5-3-2-4-6-20)28-27(36)31(8-7-30-9-11-33-12-10-30)18-22-15-21-16-24-25(35-14-13-34-24)17-23(21)29-26(22)32/h2-6,15-17,19H,7-14,18H2,1H3,(H,28,36)(H,29,32)/t19-/m1/s1. The Bertz CT molecular complexity index is 1260. The summed E-state index contributed by atoms with van der Waals surface area (Å²) in [5.41, 5.74) is 2.40. The molecule has 2 aliphatic heterocycles. The van der Waals surface area contributed by atoms with Gasteiger partial charge in [0.15, 0.2) is 16.6 Å². The van der Waals surface area contributed by atoms with Gasteiger partial charge in [-0.2, -0.15) is 0 Å². The summed E-state index contributed by atoms with van der Waals surface area (Å²) in [4.78, 5) is 20.5. The van der Waals surface area contributed by atoms with E-state index in [-0.39, 0.29) is 11.6 Å². The van der Waals surface area contributed by atoms with Crippen molar-refractivity contribution in [1.29, 1.82) is 0 Å².